The van der Waals surface area contributed by atoms with E-state index in [1.807, 2.05) is 24.3 Å². The highest BCUT2D eigenvalue weighted by atomic mass is 16.4. The molecule has 0 radical (unpaired) electrons. The third-order valence-electron chi connectivity index (χ3n) is 3.87. The van der Waals surface area contributed by atoms with E-state index in [0.717, 1.165) is 6.42 Å². The van der Waals surface area contributed by atoms with Crippen LogP contribution in [0, 0.1) is 12.8 Å². The molecule has 0 spiro atoms. The highest BCUT2D eigenvalue weighted by Crippen LogP contribution is 2.23. The predicted octanol–water partition coefficient (Wildman–Crippen LogP) is 4.19. The van der Waals surface area contributed by atoms with Gasteiger partial charge in [0, 0.05) is 12.5 Å². The van der Waals surface area contributed by atoms with Crippen LogP contribution in [0.4, 0.5) is 0 Å². The molecular weight excluding hydrogens is 302 g/mol. The second kappa shape index (κ2) is 7.16. The van der Waals surface area contributed by atoms with Gasteiger partial charge in [0.15, 0.2) is 0 Å². The summed E-state index contributed by atoms with van der Waals surface area (Å²) in [5.74, 6) is 1.23. The molecule has 24 heavy (non-hydrogen) atoms. The molecule has 1 aromatic carbocycles. The summed E-state index contributed by atoms with van der Waals surface area (Å²) in [6.07, 6.45) is 0.744. The molecular formula is C19H27N3O2. The standard InChI is InChI=1S/C19H27N3O2/c1-12(2)11-16(18-22-21-13(3)24-18)20-17(23)14-7-9-15(10-8-14)19(4,5)6/h7-10,12,16H,11H2,1-6H3,(H,20,23). The number of carbonyl (C=O) groups is 1. The predicted molar refractivity (Wildman–Crippen MR) is 93.8 cm³/mol. The van der Waals surface area contributed by atoms with Crippen LogP contribution in [0.25, 0.3) is 0 Å². The van der Waals surface area contributed by atoms with Gasteiger partial charge in [0.2, 0.25) is 11.8 Å². The maximum Gasteiger partial charge on any atom is 0.251 e. The summed E-state index contributed by atoms with van der Waals surface area (Å²) in [6, 6.07) is 7.45. The van der Waals surface area contributed by atoms with Gasteiger partial charge in [-0.05, 0) is 35.4 Å². The van der Waals surface area contributed by atoms with Crippen molar-refractivity contribution in [1.29, 1.82) is 0 Å². The van der Waals surface area contributed by atoms with Crippen molar-refractivity contribution >= 4 is 5.91 Å². The lowest BCUT2D eigenvalue weighted by atomic mass is 9.86. The number of amides is 1. The quantitative estimate of drug-likeness (QED) is 0.893. The summed E-state index contributed by atoms with van der Waals surface area (Å²) in [5.41, 5.74) is 1.90. The first-order valence-corrected chi connectivity index (χ1v) is 8.38. The minimum Gasteiger partial charge on any atom is -0.423 e. The third kappa shape index (κ3) is 4.66. The van der Waals surface area contributed by atoms with Crippen molar-refractivity contribution in [2.24, 2.45) is 5.92 Å². The molecule has 0 aliphatic rings. The number of benzene rings is 1. The van der Waals surface area contributed by atoms with Crippen LogP contribution in [0.2, 0.25) is 0 Å². The average molecular weight is 329 g/mol. The molecule has 1 amide bonds. The average Bonchev–Trinajstić information content (AvgIpc) is 2.92. The summed E-state index contributed by atoms with van der Waals surface area (Å²) in [7, 11) is 0. The highest BCUT2D eigenvalue weighted by Gasteiger charge is 2.22. The Morgan fingerprint density at radius 1 is 1.17 bits per heavy atom. The molecule has 1 N–H and O–H groups in total. The van der Waals surface area contributed by atoms with E-state index >= 15 is 0 Å². The molecule has 0 aliphatic heterocycles. The molecule has 0 saturated heterocycles. The Kier molecular flexibility index (Phi) is 5.42. The van der Waals surface area contributed by atoms with E-state index in [1.165, 1.54) is 5.56 Å². The van der Waals surface area contributed by atoms with Crippen molar-refractivity contribution in [2.45, 2.75) is 59.4 Å². The van der Waals surface area contributed by atoms with Gasteiger partial charge in [-0.25, -0.2) is 0 Å². The molecule has 5 nitrogen and oxygen atoms in total. The van der Waals surface area contributed by atoms with E-state index in [4.69, 9.17) is 4.42 Å². The lowest BCUT2D eigenvalue weighted by Gasteiger charge is -2.20. The molecule has 2 aromatic rings. The van der Waals surface area contributed by atoms with E-state index in [1.54, 1.807) is 6.92 Å². The van der Waals surface area contributed by atoms with E-state index in [-0.39, 0.29) is 17.4 Å². The number of aromatic nitrogens is 2. The largest absolute Gasteiger partial charge is 0.423 e. The Hall–Kier alpha value is -2.17. The Morgan fingerprint density at radius 2 is 1.79 bits per heavy atom. The Bertz CT molecular complexity index is 681. The monoisotopic (exact) mass is 329 g/mol. The van der Waals surface area contributed by atoms with Gasteiger partial charge in [-0.15, -0.1) is 10.2 Å². The maximum atomic E-state index is 12.6. The van der Waals surface area contributed by atoms with Crippen LogP contribution in [0.3, 0.4) is 0 Å². The summed E-state index contributed by atoms with van der Waals surface area (Å²) >= 11 is 0. The minimum atomic E-state index is -0.277. The lowest BCUT2D eigenvalue weighted by molar-refractivity contribution is 0.0924. The van der Waals surface area contributed by atoms with Crippen molar-refractivity contribution in [3.05, 3.63) is 47.2 Å². The van der Waals surface area contributed by atoms with Gasteiger partial charge < -0.3 is 9.73 Å². The van der Waals surface area contributed by atoms with Crippen LogP contribution in [0.5, 0.6) is 0 Å². The summed E-state index contributed by atoms with van der Waals surface area (Å²) in [5, 5.41) is 10.9. The zero-order valence-corrected chi connectivity index (χ0v) is 15.4. The fraction of sp³-hybridized carbons (Fsp3) is 0.526. The number of hydrogen-bond donors (Lipinski definition) is 1. The molecule has 5 heteroatoms. The van der Waals surface area contributed by atoms with Crippen molar-refractivity contribution in [2.75, 3.05) is 0 Å². The molecule has 0 saturated carbocycles. The molecule has 0 fully saturated rings. The van der Waals surface area contributed by atoms with E-state index in [9.17, 15) is 4.79 Å². The Morgan fingerprint density at radius 3 is 2.25 bits per heavy atom. The number of nitrogens with zero attached hydrogens (tertiary/aromatic N) is 2. The molecule has 130 valence electrons. The first-order chi connectivity index (χ1) is 11.2. The van der Waals surface area contributed by atoms with Gasteiger partial charge in [-0.1, -0.05) is 46.8 Å². The Labute approximate surface area is 143 Å². The molecule has 1 atom stereocenters. The van der Waals surface area contributed by atoms with Crippen molar-refractivity contribution in [1.82, 2.24) is 15.5 Å². The van der Waals surface area contributed by atoms with Crippen LogP contribution in [-0.4, -0.2) is 16.1 Å². The van der Waals surface area contributed by atoms with E-state index < -0.39 is 0 Å². The van der Waals surface area contributed by atoms with E-state index in [2.05, 4.69) is 50.1 Å². The molecule has 1 aromatic heterocycles. The lowest BCUT2D eigenvalue weighted by Crippen LogP contribution is -2.30. The smallest absolute Gasteiger partial charge is 0.251 e. The van der Waals surface area contributed by atoms with Gasteiger partial charge in [0.25, 0.3) is 5.91 Å². The number of aryl methyl sites for hydroxylation is 1. The zero-order chi connectivity index (χ0) is 17.9. The first-order valence-electron chi connectivity index (χ1n) is 8.38. The zero-order valence-electron chi connectivity index (χ0n) is 15.4. The van der Waals surface area contributed by atoms with Crippen molar-refractivity contribution in [3.8, 4) is 0 Å². The number of nitrogens with one attached hydrogen (secondary N) is 1. The first kappa shape index (κ1) is 18.2. The maximum absolute atomic E-state index is 12.6. The SMILES string of the molecule is Cc1nnc(C(CC(C)C)NC(=O)c2ccc(C(C)(C)C)cc2)o1. The number of carbonyl (C=O) groups excluding carboxylic acids is 1. The Balaban J connectivity index is 2.15. The fourth-order valence-corrected chi connectivity index (χ4v) is 2.51. The van der Waals surface area contributed by atoms with Gasteiger partial charge in [-0.3, -0.25) is 4.79 Å². The normalized spacial score (nSPS) is 13.1. The van der Waals surface area contributed by atoms with Gasteiger partial charge >= 0.3 is 0 Å². The van der Waals surface area contributed by atoms with Crippen LogP contribution < -0.4 is 5.32 Å². The highest BCUT2D eigenvalue weighted by molar-refractivity contribution is 5.94. The van der Waals surface area contributed by atoms with Gasteiger partial charge in [0.1, 0.15) is 6.04 Å². The number of rotatable bonds is 5. The second-order valence-electron chi connectivity index (χ2n) is 7.64. The van der Waals surface area contributed by atoms with Crippen molar-refractivity contribution < 1.29 is 9.21 Å². The minimum absolute atomic E-state index is 0.0659. The van der Waals surface area contributed by atoms with Crippen LogP contribution in [-0.2, 0) is 5.41 Å². The number of hydrogen-bond acceptors (Lipinski definition) is 4. The third-order valence-corrected chi connectivity index (χ3v) is 3.87. The van der Waals surface area contributed by atoms with Crippen LogP contribution >= 0.6 is 0 Å². The van der Waals surface area contributed by atoms with Gasteiger partial charge in [0.05, 0.1) is 0 Å². The topological polar surface area (TPSA) is 68.0 Å². The summed E-state index contributed by atoms with van der Waals surface area (Å²) < 4.78 is 5.51. The molecule has 0 aliphatic carbocycles. The van der Waals surface area contributed by atoms with E-state index in [0.29, 0.717) is 23.3 Å². The fourth-order valence-electron chi connectivity index (χ4n) is 2.51. The van der Waals surface area contributed by atoms with Crippen LogP contribution in [0.15, 0.2) is 28.7 Å². The van der Waals surface area contributed by atoms with Crippen molar-refractivity contribution in [3.63, 3.8) is 0 Å². The second-order valence-corrected chi connectivity index (χ2v) is 7.64. The van der Waals surface area contributed by atoms with Crippen LogP contribution in [0.1, 0.15) is 74.8 Å². The molecule has 2 rings (SSSR count). The molecule has 1 unspecified atom stereocenters. The van der Waals surface area contributed by atoms with Gasteiger partial charge in [-0.2, -0.15) is 0 Å². The summed E-state index contributed by atoms with van der Waals surface area (Å²) in [6.45, 7) is 12.4. The molecule has 1 heterocycles. The molecule has 0 bridgehead atoms. The summed E-state index contributed by atoms with van der Waals surface area (Å²) in [4.78, 5) is 12.6.